The van der Waals surface area contributed by atoms with E-state index in [0.717, 1.165) is 43.0 Å². The Balaban J connectivity index is 1.51. The first-order valence-corrected chi connectivity index (χ1v) is 10.3. The van der Waals surface area contributed by atoms with Gasteiger partial charge in [0.05, 0.1) is 13.2 Å². The van der Waals surface area contributed by atoms with E-state index < -0.39 is 0 Å². The number of furan rings is 1. The molecule has 1 fully saturated rings. The van der Waals surface area contributed by atoms with Crippen molar-refractivity contribution < 1.29 is 18.7 Å². The molecule has 0 radical (unpaired) electrons. The second kappa shape index (κ2) is 8.90. The highest BCUT2D eigenvalue weighted by molar-refractivity contribution is 5.99. The first-order valence-electron chi connectivity index (χ1n) is 10.3. The van der Waals surface area contributed by atoms with Crippen LogP contribution < -0.4 is 10.1 Å². The first kappa shape index (κ1) is 20.4. The topological polar surface area (TPSA) is 63.9 Å². The number of carbonyl (C=O) groups is 1. The predicted molar refractivity (Wildman–Crippen MR) is 116 cm³/mol. The summed E-state index contributed by atoms with van der Waals surface area (Å²) in [6, 6.07) is 17.2. The van der Waals surface area contributed by atoms with Gasteiger partial charge in [-0.25, -0.2) is 0 Å². The molecule has 2 aromatic carbocycles. The van der Waals surface area contributed by atoms with Crippen LogP contribution in [0.1, 0.15) is 30.0 Å². The Morgan fingerprint density at radius 1 is 1.07 bits per heavy atom. The molecule has 1 saturated heterocycles. The van der Waals surface area contributed by atoms with Crippen LogP contribution in [0.5, 0.6) is 5.75 Å². The van der Waals surface area contributed by atoms with Crippen molar-refractivity contribution in [2.24, 2.45) is 0 Å². The Hall–Kier alpha value is -2.83. The second-order valence-electron chi connectivity index (χ2n) is 8.10. The normalized spacial score (nSPS) is 15.3. The summed E-state index contributed by atoms with van der Waals surface area (Å²) in [5, 5.41) is 3.96. The smallest absolute Gasteiger partial charge is 0.287 e. The van der Waals surface area contributed by atoms with E-state index in [1.54, 1.807) is 0 Å². The van der Waals surface area contributed by atoms with Crippen molar-refractivity contribution in [1.29, 1.82) is 0 Å². The molecule has 30 heavy (non-hydrogen) atoms. The van der Waals surface area contributed by atoms with Crippen LogP contribution >= 0.6 is 0 Å². The fourth-order valence-corrected chi connectivity index (χ4v) is 3.76. The molecule has 1 amide bonds. The fourth-order valence-electron chi connectivity index (χ4n) is 3.76. The van der Waals surface area contributed by atoms with Crippen LogP contribution in [0.25, 0.3) is 11.0 Å². The van der Waals surface area contributed by atoms with Gasteiger partial charge in [-0.15, -0.1) is 0 Å². The molecule has 1 N–H and O–H groups in total. The summed E-state index contributed by atoms with van der Waals surface area (Å²) in [5.41, 5.74) is 1.27. The summed E-state index contributed by atoms with van der Waals surface area (Å²) >= 11 is 0. The van der Waals surface area contributed by atoms with Crippen LogP contribution in [0.3, 0.4) is 0 Å². The van der Waals surface area contributed by atoms with Crippen LogP contribution in [0.15, 0.2) is 59.0 Å². The largest absolute Gasteiger partial charge is 0.489 e. The van der Waals surface area contributed by atoms with Crippen molar-refractivity contribution in [2.75, 3.05) is 32.8 Å². The third-order valence-corrected chi connectivity index (χ3v) is 5.58. The molecule has 158 valence electrons. The third kappa shape index (κ3) is 4.50. The molecule has 0 aliphatic carbocycles. The predicted octanol–water partition coefficient (Wildman–Crippen LogP) is 3.85. The van der Waals surface area contributed by atoms with Crippen LogP contribution in [0.4, 0.5) is 0 Å². The van der Waals surface area contributed by atoms with E-state index in [9.17, 15) is 4.79 Å². The van der Waals surface area contributed by atoms with E-state index >= 15 is 0 Å². The van der Waals surface area contributed by atoms with Crippen molar-refractivity contribution in [1.82, 2.24) is 10.2 Å². The Labute approximate surface area is 176 Å². The van der Waals surface area contributed by atoms with E-state index in [2.05, 4.69) is 24.1 Å². The van der Waals surface area contributed by atoms with Crippen LogP contribution in [0, 0.1) is 0 Å². The van der Waals surface area contributed by atoms with Gasteiger partial charge in [0.25, 0.3) is 5.91 Å². The molecule has 0 atom stereocenters. The van der Waals surface area contributed by atoms with Crippen LogP contribution in [-0.2, 0) is 11.3 Å². The average molecular weight is 408 g/mol. The van der Waals surface area contributed by atoms with Gasteiger partial charge in [0.2, 0.25) is 0 Å². The Morgan fingerprint density at radius 3 is 2.53 bits per heavy atom. The highest BCUT2D eigenvalue weighted by Crippen LogP contribution is 2.27. The lowest BCUT2D eigenvalue weighted by Crippen LogP contribution is -2.55. The second-order valence-corrected chi connectivity index (χ2v) is 8.10. The fraction of sp³-hybridized carbons (Fsp3) is 0.375. The molecule has 0 unspecified atom stereocenters. The number of nitrogens with zero attached hydrogens (tertiary/aromatic N) is 1. The maximum absolute atomic E-state index is 13.1. The standard InChI is InChI=1S/C24H28N2O4/c1-24(2,26-12-14-28-15-13-26)17-25-23(27)22-20(16-29-18-8-4-3-5-9-18)19-10-6-7-11-21(19)30-22/h3-11H,12-17H2,1-2H3,(H,25,27). The number of rotatable bonds is 7. The van der Waals surface area contributed by atoms with Gasteiger partial charge in [0.1, 0.15) is 17.9 Å². The number of para-hydroxylation sites is 2. The van der Waals surface area contributed by atoms with Crippen molar-refractivity contribution in [3.05, 3.63) is 65.9 Å². The van der Waals surface area contributed by atoms with Gasteiger partial charge < -0.3 is 19.2 Å². The van der Waals surface area contributed by atoms with Gasteiger partial charge in [-0.05, 0) is 32.0 Å². The molecule has 2 heterocycles. The molecular weight excluding hydrogens is 380 g/mol. The Morgan fingerprint density at radius 2 is 1.77 bits per heavy atom. The lowest BCUT2D eigenvalue weighted by molar-refractivity contribution is -0.00930. The number of amides is 1. The molecule has 0 saturated carbocycles. The summed E-state index contributed by atoms with van der Waals surface area (Å²) in [6.07, 6.45) is 0. The van der Waals surface area contributed by atoms with Gasteiger partial charge in [-0.2, -0.15) is 0 Å². The number of hydrogen-bond acceptors (Lipinski definition) is 5. The average Bonchev–Trinajstić information content (AvgIpc) is 3.16. The van der Waals surface area contributed by atoms with E-state index in [1.165, 1.54) is 0 Å². The van der Waals surface area contributed by atoms with Gasteiger partial charge in [0.15, 0.2) is 5.76 Å². The molecular formula is C24H28N2O4. The van der Waals surface area contributed by atoms with Crippen LogP contribution in [0.2, 0.25) is 0 Å². The quantitative estimate of drug-likeness (QED) is 0.643. The van der Waals surface area contributed by atoms with Gasteiger partial charge in [0, 0.05) is 36.1 Å². The van der Waals surface area contributed by atoms with Crippen molar-refractivity contribution >= 4 is 16.9 Å². The minimum absolute atomic E-state index is 0.174. The first-order chi connectivity index (χ1) is 14.5. The van der Waals surface area contributed by atoms with E-state index in [0.29, 0.717) is 17.9 Å². The molecule has 4 rings (SSSR count). The highest BCUT2D eigenvalue weighted by Gasteiger charge is 2.30. The SMILES string of the molecule is CC(C)(CNC(=O)c1oc2ccccc2c1COc1ccccc1)N1CCOCC1. The number of hydrogen-bond donors (Lipinski definition) is 1. The van der Waals surface area contributed by atoms with Gasteiger partial charge >= 0.3 is 0 Å². The minimum Gasteiger partial charge on any atom is -0.489 e. The summed E-state index contributed by atoms with van der Waals surface area (Å²) in [6.45, 7) is 8.23. The zero-order chi connectivity index (χ0) is 21.0. The lowest BCUT2D eigenvalue weighted by Gasteiger charge is -2.40. The number of carbonyl (C=O) groups excluding carboxylic acids is 1. The zero-order valence-corrected chi connectivity index (χ0v) is 17.5. The van der Waals surface area contributed by atoms with Crippen molar-refractivity contribution in [3.8, 4) is 5.75 Å². The zero-order valence-electron chi connectivity index (χ0n) is 17.5. The monoisotopic (exact) mass is 408 g/mol. The van der Waals surface area contributed by atoms with E-state index in [-0.39, 0.29) is 18.1 Å². The summed E-state index contributed by atoms with van der Waals surface area (Å²) < 4.78 is 17.3. The Bertz CT molecular complexity index is 991. The molecule has 6 heteroatoms. The molecule has 0 spiro atoms. The van der Waals surface area contributed by atoms with Crippen LogP contribution in [-0.4, -0.2) is 49.2 Å². The van der Waals surface area contributed by atoms with Crippen molar-refractivity contribution in [2.45, 2.75) is 26.0 Å². The van der Waals surface area contributed by atoms with Crippen molar-refractivity contribution in [3.63, 3.8) is 0 Å². The number of fused-ring (bicyclic) bond motifs is 1. The molecule has 6 nitrogen and oxygen atoms in total. The number of benzene rings is 2. The molecule has 1 aromatic heterocycles. The Kier molecular flexibility index (Phi) is 6.06. The maximum atomic E-state index is 13.1. The summed E-state index contributed by atoms with van der Waals surface area (Å²) in [4.78, 5) is 15.4. The third-order valence-electron chi connectivity index (χ3n) is 5.58. The van der Waals surface area contributed by atoms with E-state index in [1.807, 2.05) is 54.6 Å². The number of nitrogens with one attached hydrogen (secondary N) is 1. The highest BCUT2D eigenvalue weighted by atomic mass is 16.5. The molecule has 1 aliphatic heterocycles. The summed E-state index contributed by atoms with van der Waals surface area (Å²) in [7, 11) is 0. The molecule has 1 aliphatic rings. The number of ether oxygens (including phenoxy) is 2. The number of morpholine rings is 1. The minimum atomic E-state index is -0.223. The molecule has 0 bridgehead atoms. The van der Waals surface area contributed by atoms with Gasteiger partial charge in [-0.1, -0.05) is 36.4 Å². The van der Waals surface area contributed by atoms with Gasteiger partial charge in [-0.3, -0.25) is 9.69 Å². The lowest BCUT2D eigenvalue weighted by atomic mass is 10.0. The summed E-state index contributed by atoms with van der Waals surface area (Å²) in [5.74, 6) is 0.840. The van der Waals surface area contributed by atoms with E-state index in [4.69, 9.17) is 13.9 Å². The maximum Gasteiger partial charge on any atom is 0.287 e. The molecule has 3 aromatic rings.